The molecule has 0 saturated heterocycles. The van der Waals surface area contributed by atoms with Crippen LogP contribution in [0.5, 0.6) is 0 Å². The minimum atomic E-state index is -4.93. The van der Waals surface area contributed by atoms with Crippen molar-refractivity contribution in [1.82, 2.24) is 20.2 Å². The lowest BCUT2D eigenvalue weighted by molar-refractivity contribution is -0.272. The maximum absolute atomic E-state index is 13.4. The lowest BCUT2D eigenvalue weighted by Gasteiger charge is -2.29. The summed E-state index contributed by atoms with van der Waals surface area (Å²) < 4.78 is 41.2. The number of urea groups is 1. The van der Waals surface area contributed by atoms with E-state index in [1.165, 1.54) is 31.2 Å². The second-order valence-electron chi connectivity index (χ2n) is 5.95. The van der Waals surface area contributed by atoms with Gasteiger partial charge in [-0.15, -0.1) is 11.8 Å². The fourth-order valence-corrected chi connectivity index (χ4v) is 3.32. The van der Waals surface area contributed by atoms with Crippen LogP contribution in [-0.2, 0) is 12.6 Å². The number of aromatic nitrogens is 2. The molecule has 0 aliphatic rings. The molecule has 1 atom stereocenters. The van der Waals surface area contributed by atoms with Crippen molar-refractivity contribution < 1.29 is 23.1 Å². The maximum Gasteiger partial charge on any atom is 0.424 e. The number of imidazole rings is 1. The van der Waals surface area contributed by atoms with E-state index in [-0.39, 0.29) is 6.54 Å². The highest BCUT2D eigenvalue weighted by atomic mass is 35.5. The van der Waals surface area contributed by atoms with Crippen molar-refractivity contribution in [3.05, 3.63) is 47.5 Å². The molecule has 0 aliphatic heterocycles. The number of aryl methyl sites for hydroxylation is 1. The van der Waals surface area contributed by atoms with E-state index in [0.717, 1.165) is 9.46 Å². The standard InChI is InChI=1S/C17H20ClF3N4O2S/c1-25-10-8-22-14(25)16(27,17(19,20)21)6-7-23-15(26)24-9-11-28-13-4-2-12(18)3-5-13/h2-5,8,10,27H,6-7,9,11H2,1H3,(H2,23,24,26). The van der Waals surface area contributed by atoms with Crippen LogP contribution in [0.2, 0.25) is 5.02 Å². The molecule has 11 heteroatoms. The molecule has 0 bridgehead atoms. The van der Waals surface area contributed by atoms with E-state index in [2.05, 4.69) is 15.6 Å². The summed E-state index contributed by atoms with van der Waals surface area (Å²) in [6, 6.07) is 6.60. The van der Waals surface area contributed by atoms with Gasteiger partial charge in [-0.1, -0.05) is 11.6 Å². The highest BCUT2D eigenvalue weighted by molar-refractivity contribution is 7.99. The van der Waals surface area contributed by atoms with Gasteiger partial charge in [-0.2, -0.15) is 13.2 Å². The molecule has 28 heavy (non-hydrogen) atoms. The first-order valence-electron chi connectivity index (χ1n) is 8.30. The summed E-state index contributed by atoms with van der Waals surface area (Å²) in [5.74, 6) is 0.0519. The highest BCUT2D eigenvalue weighted by Gasteiger charge is 2.57. The average Bonchev–Trinajstić information content (AvgIpc) is 3.05. The molecule has 2 rings (SSSR count). The maximum atomic E-state index is 13.4. The van der Waals surface area contributed by atoms with E-state index in [0.29, 0.717) is 17.3 Å². The molecule has 0 radical (unpaired) electrons. The fraction of sp³-hybridized carbons (Fsp3) is 0.412. The third-order valence-corrected chi connectivity index (χ3v) is 5.17. The van der Waals surface area contributed by atoms with Crippen molar-refractivity contribution in [3.8, 4) is 0 Å². The molecule has 6 nitrogen and oxygen atoms in total. The summed E-state index contributed by atoms with van der Waals surface area (Å²) in [5.41, 5.74) is -3.15. The summed E-state index contributed by atoms with van der Waals surface area (Å²) in [7, 11) is 1.36. The largest absolute Gasteiger partial charge is 0.424 e. The summed E-state index contributed by atoms with van der Waals surface area (Å²) >= 11 is 7.30. The molecule has 0 saturated carbocycles. The lowest BCUT2D eigenvalue weighted by Crippen LogP contribution is -2.47. The van der Waals surface area contributed by atoms with E-state index in [9.17, 15) is 23.1 Å². The van der Waals surface area contributed by atoms with E-state index in [1.807, 2.05) is 12.1 Å². The first kappa shape index (κ1) is 22.4. The number of hydrogen-bond acceptors (Lipinski definition) is 4. The molecule has 0 spiro atoms. The molecule has 1 aromatic carbocycles. The number of rotatable bonds is 8. The number of hydrogen-bond donors (Lipinski definition) is 3. The molecular formula is C17H20ClF3N4O2S. The Kier molecular flexibility index (Phi) is 7.62. The monoisotopic (exact) mass is 436 g/mol. The van der Waals surface area contributed by atoms with Crippen LogP contribution in [0.3, 0.4) is 0 Å². The smallest absolute Gasteiger partial charge is 0.374 e. The van der Waals surface area contributed by atoms with E-state index < -0.39 is 30.1 Å². The Hall–Kier alpha value is -1.91. The van der Waals surface area contributed by atoms with Gasteiger partial charge in [0.1, 0.15) is 5.82 Å². The Morgan fingerprint density at radius 3 is 2.46 bits per heavy atom. The normalized spacial score (nSPS) is 13.8. The van der Waals surface area contributed by atoms with Gasteiger partial charge >= 0.3 is 12.2 Å². The second kappa shape index (κ2) is 9.53. The zero-order valence-corrected chi connectivity index (χ0v) is 16.5. The van der Waals surface area contributed by atoms with Gasteiger partial charge < -0.3 is 20.3 Å². The molecule has 1 heterocycles. The zero-order chi connectivity index (χ0) is 20.8. The number of alkyl halides is 3. The van der Waals surface area contributed by atoms with Crippen LogP contribution < -0.4 is 10.6 Å². The Labute approximate surface area is 169 Å². The van der Waals surface area contributed by atoms with Crippen LogP contribution >= 0.6 is 23.4 Å². The number of benzene rings is 1. The second-order valence-corrected chi connectivity index (χ2v) is 7.56. The number of aliphatic hydroxyl groups is 1. The van der Waals surface area contributed by atoms with Gasteiger partial charge in [-0.05, 0) is 24.3 Å². The third kappa shape index (κ3) is 5.79. The third-order valence-electron chi connectivity index (χ3n) is 3.90. The van der Waals surface area contributed by atoms with Crippen LogP contribution in [0.1, 0.15) is 12.2 Å². The average molecular weight is 437 g/mol. The van der Waals surface area contributed by atoms with Gasteiger partial charge in [0, 0.05) is 54.6 Å². The number of halogens is 4. The minimum Gasteiger partial charge on any atom is -0.374 e. The van der Waals surface area contributed by atoms with Gasteiger partial charge in [-0.25, -0.2) is 9.78 Å². The predicted octanol–water partition coefficient (Wildman–Crippen LogP) is 3.31. The summed E-state index contributed by atoms with van der Waals surface area (Å²) in [4.78, 5) is 16.3. The Morgan fingerprint density at radius 1 is 1.25 bits per heavy atom. The first-order valence-corrected chi connectivity index (χ1v) is 9.67. The predicted molar refractivity (Wildman–Crippen MR) is 101 cm³/mol. The molecule has 1 aromatic heterocycles. The highest BCUT2D eigenvalue weighted by Crippen LogP contribution is 2.40. The SMILES string of the molecule is Cn1ccnc1C(O)(CCNC(=O)NCCSc1ccc(Cl)cc1)C(F)(F)F. The van der Waals surface area contributed by atoms with Crippen LogP contribution in [0.15, 0.2) is 41.6 Å². The Morgan fingerprint density at radius 2 is 1.89 bits per heavy atom. The minimum absolute atomic E-state index is 0.321. The number of thioether (sulfide) groups is 1. The molecule has 154 valence electrons. The van der Waals surface area contributed by atoms with Crippen LogP contribution in [0, 0.1) is 0 Å². The van der Waals surface area contributed by atoms with Crippen molar-refractivity contribution in [1.29, 1.82) is 0 Å². The van der Waals surface area contributed by atoms with Gasteiger partial charge in [0.15, 0.2) is 0 Å². The number of amides is 2. The molecule has 1 unspecified atom stereocenters. The Bertz CT molecular complexity index is 785. The van der Waals surface area contributed by atoms with E-state index in [4.69, 9.17) is 11.6 Å². The number of carbonyl (C=O) groups is 1. The van der Waals surface area contributed by atoms with Crippen molar-refractivity contribution in [2.24, 2.45) is 7.05 Å². The molecule has 0 aliphatic carbocycles. The summed E-state index contributed by atoms with van der Waals surface area (Å²) in [6.07, 6.45) is -3.21. The van der Waals surface area contributed by atoms with Crippen molar-refractivity contribution in [2.45, 2.75) is 23.1 Å². The summed E-state index contributed by atoms with van der Waals surface area (Å²) in [5, 5.41) is 15.7. The van der Waals surface area contributed by atoms with E-state index >= 15 is 0 Å². The molecule has 0 fully saturated rings. The fourth-order valence-electron chi connectivity index (χ4n) is 2.43. The zero-order valence-electron chi connectivity index (χ0n) is 15.0. The van der Waals surface area contributed by atoms with Gasteiger partial charge in [-0.3, -0.25) is 0 Å². The van der Waals surface area contributed by atoms with E-state index in [1.54, 1.807) is 12.1 Å². The van der Waals surface area contributed by atoms with Crippen molar-refractivity contribution in [3.63, 3.8) is 0 Å². The molecule has 2 amide bonds. The molecular weight excluding hydrogens is 417 g/mol. The summed E-state index contributed by atoms with van der Waals surface area (Å²) in [6.45, 7) is -0.0545. The quantitative estimate of drug-likeness (QED) is 0.438. The van der Waals surface area contributed by atoms with Crippen LogP contribution in [0.4, 0.5) is 18.0 Å². The van der Waals surface area contributed by atoms with Gasteiger partial charge in [0.05, 0.1) is 0 Å². The number of carbonyl (C=O) groups excluding carboxylic acids is 1. The molecule has 3 N–H and O–H groups in total. The van der Waals surface area contributed by atoms with Crippen LogP contribution in [0.25, 0.3) is 0 Å². The first-order chi connectivity index (χ1) is 13.1. The number of nitrogens with one attached hydrogen (secondary N) is 2. The van der Waals surface area contributed by atoms with Crippen LogP contribution in [-0.4, -0.2) is 45.7 Å². The van der Waals surface area contributed by atoms with Gasteiger partial charge in [0.2, 0.25) is 5.60 Å². The van der Waals surface area contributed by atoms with Crippen molar-refractivity contribution >= 4 is 29.4 Å². The lowest BCUT2D eigenvalue weighted by atomic mass is 9.97. The Balaban J connectivity index is 1.77. The molecule has 2 aromatic rings. The van der Waals surface area contributed by atoms with Gasteiger partial charge in [0.25, 0.3) is 0 Å². The topological polar surface area (TPSA) is 79.2 Å². The number of nitrogens with zero attached hydrogens (tertiary/aromatic N) is 2. The van der Waals surface area contributed by atoms with Crippen molar-refractivity contribution in [2.75, 3.05) is 18.8 Å².